The highest BCUT2D eigenvalue weighted by Gasteiger charge is 2.33. The van der Waals surface area contributed by atoms with E-state index >= 15 is 0 Å². The summed E-state index contributed by atoms with van der Waals surface area (Å²) in [4.78, 5) is 0. The summed E-state index contributed by atoms with van der Waals surface area (Å²) < 4.78 is 5.92. The van der Waals surface area contributed by atoms with Gasteiger partial charge < -0.3 is 20.3 Å². The second-order valence-corrected chi connectivity index (χ2v) is 6.04. The normalized spacial score (nSPS) is 19.4. The maximum Gasteiger partial charge on any atom is 0.125 e. The molecule has 2 atom stereocenters. The Morgan fingerprint density at radius 1 is 1.35 bits per heavy atom. The molecule has 2 rings (SSSR count). The molecule has 1 fully saturated rings. The third-order valence-electron chi connectivity index (χ3n) is 3.69. The molecule has 0 spiro atoms. The van der Waals surface area contributed by atoms with Crippen molar-refractivity contribution in [2.75, 3.05) is 6.61 Å². The van der Waals surface area contributed by atoms with Crippen molar-refractivity contribution < 1.29 is 14.9 Å². The molecular formula is C16H25NO3. The molecule has 2 unspecified atom stereocenters. The molecule has 20 heavy (non-hydrogen) atoms. The van der Waals surface area contributed by atoms with Gasteiger partial charge in [-0.15, -0.1) is 0 Å². The SMILES string of the molecule is CC(CC(C)(CO)NC1CC1)Oc1ccccc1CO. The molecule has 1 saturated carbocycles. The van der Waals surface area contributed by atoms with E-state index in [4.69, 9.17) is 4.74 Å². The van der Waals surface area contributed by atoms with Gasteiger partial charge in [-0.3, -0.25) is 0 Å². The maximum atomic E-state index is 9.62. The van der Waals surface area contributed by atoms with Gasteiger partial charge in [0.15, 0.2) is 0 Å². The molecule has 1 aliphatic rings. The lowest BCUT2D eigenvalue weighted by molar-refractivity contribution is 0.107. The highest BCUT2D eigenvalue weighted by atomic mass is 16.5. The molecule has 0 heterocycles. The molecule has 0 bridgehead atoms. The smallest absolute Gasteiger partial charge is 0.125 e. The Labute approximate surface area is 120 Å². The minimum Gasteiger partial charge on any atom is -0.490 e. The average molecular weight is 279 g/mol. The number of nitrogens with one attached hydrogen (secondary N) is 1. The van der Waals surface area contributed by atoms with E-state index in [-0.39, 0.29) is 24.9 Å². The van der Waals surface area contributed by atoms with Crippen molar-refractivity contribution in [3.8, 4) is 5.75 Å². The Morgan fingerprint density at radius 3 is 2.65 bits per heavy atom. The fraction of sp³-hybridized carbons (Fsp3) is 0.625. The Hall–Kier alpha value is -1.10. The third kappa shape index (κ3) is 4.20. The summed E-state index contributed by atoms with van der Waals surface area (Å²) in [5.41, 5.74) is 0.481. The van der Waals surface area contributed by atoms with Gasteiger partial charge in [0.1, 0.15) is 5.75 Å². The van der Waals surface area contributed by atoms with Gasteiger partial charge in [0.2, 0.25) is 0 Å². The summed E-state index contributed by atoms with van der Waals surface area (Å²) in [6, 6.07) is 8.05. The zero-order valence-electron chi connectivity index (χ0n) is 12.3. The Balaban J connectivity index is 1.94. The molecule has 0 radical (unpaired) electrons. The average Bonchev–Trinajstić information content (AvgIpc) is 3.22. The zero-order valence-corrected chi connectivity index (χ0v) is 12.3. The number of aliphatic hydroxyl groups is 2. The predicted octanol–water partition coefficient (Wildman–Crippen LogP) is 1.84. The molecular weight excluding hydrogens is 254 g/mol. The van der Waals surface area contributed by atoms with Gasteiger partial charge in [-0.2, -0.15) is 0 Å². The summed E-state index contributed by atoms with van der Waals surface area (Å²) in [6.45, 7) is 4.10. The van der Waals surface area contributed by atoms with Gasteiger partial charge in [0.05, 0.1) is 19.3 Å². The predicted molar refractivity (Wildman–Crippen MR) is 78.7 cm³/mol. The third-order valence-corrected chi connectivity index (χ3v) is 3.69. The van der Waals surface area contributed by atoms with Crippen molar-refractivity contribution in [2.45, 2.75) is 57.4 Å². The van der Waals surface area contributed by atoms with Crippen molar-refractivity contribution in [1.29, 1.82) is 0 Å². The Morgan fingerprint density at radius 2 is 2.05 bits per heavy atom. The first-order chi connectivity index (χ1) is 9.56. The Bertz CT molecular complexity index is 433. The summed E-state index contributed by atoms with van der Waals surface area (Å²) in [6.07, 6.45) is 3.07. The van der Waals surface area contributed by atoms with Gasteiger partial charge in [-0.1, -0.05) is 18.2 Å². The van der Waals surface area contributed by atoms with Gasteiger partial charge in [0.25, 0.3) is 0 Å². The van der Waals surface area contributed by atoms with Crippen molar-refractivity contribution in [3.05, 3.63) is 29.8 Å². The maximum absolute atomic E-state index is 9.62. The minimum atomic E-state index is -0.311. The summed E-state index contributed by atoms with van der Waals surface area (Å²) >= 11 is 0. The van der Waals surface area contributed by atoms with E-state index in [1.807, 2.05) is 38.1 Å². The Kier molecular flexibility index (Phi) is 5.02. The van der Waals surface area contributed by atoms with Crippen LogP contribution in [-0.2, 0) is 6.61 Å². The van der Waals surface area contributed by atoms with Gasteiger partial charge in [-0.05, 0) is 32.8 Å². The van der Waals surface area contributed by atoms with Crippen molar-refractivity contribution in [1.82, 2.24) is 5.32 Å². The van der Waals surface area contributed by atoms with E-state index in [0.717, 1.165) is 12.0 Å². The van der Waals surface area contributed by atoms with E-state index in [1.54, 1.807) is 0 Å². The van der Waals surface area contributed by atoms with E-state index in [1.165, 1.54) is 12.8 Å². The largest absolute Gasteiger partial charge is 0.490 e. The van der Waals surface area contributed by atoms with Crippen LogP contribution in [0.3, 0.4) is 0 Å². The molecule has 0 aromatic heterocycles. The molecule has 0 amide bonds. The van der Waals surface area contributed by atoms with Crippen LogP contribution < -0.4 is 10.1 Å². The second-order valence-electron chi connectivity index (χ2n) is 6.04. The number of hydrogen-bond donors (Lipinski definition) is 3. The number of ether oxygens (including phenoxy) is 1. The lowest BCUT2D eigenvalue weighted by Crippen LogP contribution is -2.49. The summed E-state index contributed by atoms with van der Waals surface area (Å²) in [7, 11) is 0. The van der Waals surface area contributed by atoms with Crippen LogP contribution in [0.1, 0.15) is 38.7 Å². The highest BCUT2D eigenvalue weighted by molar-refractivity contribution is 5.32. The molecule has 0 saturated heterocycles. The van der Waals surface area contributed by atoms with Crippen LogP contribution >= 0.6 is 0 Å². The van der Waals surface area contributed by atoms with E-state index < -0.39 is 0 Å². The molecule has 4 heteroatoms. The van der Waals surface area contributed by atoms with Crippen molar-refractivity contribution >= 4 is 0 Å². The summed E-state index contributed by atoms with van der Waals surface area (Å²) in [5.74, 6) is 0.717. The summed E-state index contributed by atoms with van der Waals surface area (Å²) in [5, 5.41) is 22.4. The van der Waals surface area contributed by atoms with Gasteiger partial charge in [0, 0.05) is 23.6 Å². The fourth-order valence-corrected chi connectivity index (χ4v) is 2.53. The molecule has 1 aromatic carbocycles. The zero-order chi connectivity index (χ0) is 14.6. The molecule has 1 aromatic rings. The van der Waals surface area contributed by atoms with Crippen LogP contribution in [0.25, 0.3) is 0 Å². The lowest BCUT2D eigenvalue weighted by Gasteiger charge is -2.32. The highest BCUT2D eigenvalue weighted by Crippen LogP contribution is 2.26. The van der Waals surface area contributed by atoms with Crippen LogP contribution in [0.2, 0.25) is 0 Å². The number of aliphatic hydroxyl groups excluding tert-OH is 2. The topological polar surface area (TPSA) is 61.7 Å². The van der Waals surface area contributed by atoms with Crippen molar-refractivity contribution in [2.24, 2.45) is 0 Å². The second kappa shape index (κ2) is 6.57. The van der Waals surface area contributed by atoms with E-state index in [9.17, 15) is 10.2 Å². The fourth-order valence-electron chi connectivity index (χ4n) is 2.53. The molecule has 4 nitrogen and oxygen atoms in total. The quantitative estimate of drug-likeness (QED) is 0.679. The van der Waals surface area contributed by atoms with Crippen molar-refractivity contribution in [3.63, 3.8) is 0 Å². The number of benzene rings is 1. The van der Waals surface area contributed by atoms with Crippen LogP contribution in [0, 0.1) is 0 Å². The van der Waals surface area contributed by atoms with Crippen LogP contribution in [0.15, 0.2) is 24.3 Å². The number of hydrogen-bond acceptors (Lipinski definition) is 4. The van der Waals surface area contributed by atoms with Gasteiger partial charge >= 0.3 is 0 Å². The molecule has 3 N–H and O–H groups in total. The number of para-hydroxylation sites is 1. The molecule has 0 aliphatic heterocycles. The molecule has 1 aliphatic carbocycles. The van der Waals surface area contributed by atoms with E-state index in [2.05, 4.69) is 5.32 Å². The standard InChI is InChI=1S/C16H25NO3/c1-12(9-16(2,11-19)17-14-7-8-14)20-15-6-4-3-5-13(15)10-18/h3-6,12,14,17-19H,7-11H2,1-2H3. The first-order valence-electron chi connectivity index (χ1n) is 7.30. The van der Waals surface area contributed by atoms with Gasteiger partial charge in [-0.25, -0.2) is 0 Å². The number of rotatable bonds is 8. The monoisotopic (exact) mass is 279 g/mol. The minimum absolute atomic E-state index is 0.0273. The first kappa shape index (κ1) is 15.3. The van der Waals surface area contributed by atoms with Crippen LogP contribution in [0.4, 0.5) is 0 Å². The molecule has 112 valence electrons. The lowest BCUT2D eigenvalue weighted by atomic mass is 9.95. The van der Waals surface area contributed by atoms with Crippen LogP contribution in [-0.4, -0.2) is 34.5 Å². The van der Waals surface area contributed by atoms with E-state index in [0.29, 0.717) is 11.8 Å². The van der Waals surface area contributed by atoms with Crippen LogP contribution in [0.5, 0.6) is 5.75 Å². The first-order valence-corrected chi connectivity index (χ1v) is 7.30.